The summed E-state index contributed by atoms with van der Waals surface area (Å²) in [6, 6.07) is 17.4. The Labute approximate surface area is 117 Å². The number of rotatable bonds is 4. The van der Waals surface area contributed by atoms with E-state index in [9.17, 15) is 0 Å². The van der Waals surface area contributed by atoms with Crippen LogP contribution >= 0.6 is 15.9 Å². The minimum absolute atomic E-state index is 0.350. The lowest BCUT2D eigenvalue weighted by atomic mass is 10.1. The van der Waals surface area contributed by atoms with Gasteiger partial charge in [-0.1, -0.05) is 57.9 Å². The van der Waals surface area contributed by atoms with Crippen molar-refractivity contribution in [2.24, 2.45) is 0 Å². The minimum Gasteiger partial charge on any atom is -0.306 e. The van der Waals surface area contributed by atoms with Gasteiger partial charge in [0.1, 0.15) is 0 Å². The number of aryl methyl sites for hydroxylation is 1. The van der Waals surface area contributed by atoms with Crippen molar-refractivity contribution in [1.82, 2.24) is 5.32 Å². The van der Waals surface area contributed by atoms with E-state index in [4.69, 9.17) is 0 Å². The minimum atomic E-state index is 0.350. The zero-order valence-electron chi connectivity index (χ0n) is 10.8. The van der Waals surface area contributed by atoms with Crippen molar-refractivity contribution in [3.8, 4) is 0 Å². The second-order valence-electron chi connectivity index (χ2n) is 4.65. The molecule has 0 amide bonds. The zero-order valence-corrected chi connectivity index (χ0v) is 12.4. The summed E-state index contributed by atoms with van der Waals surface area (Å²) in [5.74, 6) is 0. The molecule has 0 unspecified atom stereocenters. The largest absolute Gasteiger partial charge is 0.306 e. The van der Waals surface area contributed by atoms with Crippen LogP contribution in [0.5, 0.6) is 0 Å². The fourth-order valence-corrected chi connectivity index (χ4v) is 2.40. The molecule has 2 heteroatoms. The maximum Gasteiger partial charge on any atom is 0.0295 e. The summed E-state index contributed by atoms with van der Waals surface area (Å²) >= 11 is 3.51. The molecule has 0 fully saturated rings. The molecule has 2 rings (SSSR count). The molecule has 18 heavy (non-hydrogen) atoms. The van der Waals surface area contributed by atoms with E-state index >= 15 is 0 Å². The van der Waals surface area contributed by atoms with Crippen molar-refractivity contribution in [3.05, 3.63) is 69.7 Å². The molecule has 1 nitrogen and oxygen atoms in total. The Morgan fingerprint density at radius 3 is 2.61 bits per heavy atom. The Kier molecular flexibility index (Phi) is 4.56. The van der Waals surface area contributed by atoms with Crippen molar-refractivity contribution in [2.75, 3.05) is 0 Å². The first-order chi connectivity index (χ1) is 8.65. The fourth-order valence-electron chi connectivity index (χ4n) is 1.99. The molecule has 2 aromatic rings. The lowest BCUT2D eigenvalue weighted by molar-refractivity contribution is 0.574. The van der Waals surface area contributed by atoms with Crippen LogP contribution in [0.2, 0.25) is 0 Å². The average molecular weight is 304 g/mol. The molecule has 94 valence electrons. The molecule has 1 atom stereocenters. The van der Waals surface area contributed by atoms with Gasteiger partial charge in [0.15, 0.2) is 0 Å². The van der Waals surface area contributed by atoms with Crippen LogP contribution in [0.25, 0.3) is 0 Å². The van der Waals surface area contributed by atoms with Gasteiger partial charge in [-0.2, -0.15) is 0 Å². The number of hydrogen-bond acceptors (Lipinski definition) is 1. The Balaban J connectivity index is 1.98. The fraction of sp³-hybridized carbons (Fsp3) is 0.250. The molecule has 0 radical (unpaired) electrons. The van der Waals surface area contributed by atoms with Crippen LogP contribution in [0.1, 0.15) is 29.7 Å². The van der Waals surface area contributed by atoms with Crippen LogP contribution in [0.15, 0.2) is 53.0 Å². The van der Waals surface area contributed by atoms with E-state index in [1.807, 2.05) is 0 Å². The van der Waals surface area contributed by atoms with Gasteiger partial charge in [-0.15, -0.1) is 0 Å². The van der Waals surface area contributed by atoms with Gasteiger partial charge in [-0.25, -0.2) is 0 Å². The SMILES string of the molecule is Cc1cccc(CN[C@H](C)c2cccc(Br)c2)c1. The Hall–Kier alpha value is -1.12. The quantitative estimate of drug-likeness (QED) is 0.870. The molecule has 0 heterocycles. The molecule has 0 saturated carbocycles. The highest BCUT2D eigenvalue weighted by molar-refractivity contribution is 9.10. The summed E-state index contributed by atoms with van der Waals surface area (Å²) in [6.07, 6.45) is 0. The molecular formula is C16H18BrN. The van der Waals surface area contributed by atoms with Gasteiger partial charge < -0.3 is 5.32 Å². The molecule has 0 aliphatic rings. The van der Waals surface area contributed by atoms with E-state index in [1.165, 1.54) is 16.7 Å². The highest BCUT2D eigenvalue weighted by atomic mass is 79.9. The van der Waals surface area contributed by atoms with Crippen LogP contribution in [-0.2, 0) is 6.54 Å². The highest BCUT2D eigenvalue weighted by Crippen LogP contribution is 2.18. The van der Waals surface area contributed by atoms with Crippen LogP contribution in [-0.4, -0.2) is 0 Å². The van der Waals surface area contributed by atoms with Gasteiger partial charge in [0.05, 0.1) is 0 Å². The summed E-state index contributed by atoms with van der Waals surface area (Å²) in [4.78, 5) is 0. The van der Waals surface area contributed by atoms with Crippen molar-refractivity contribution < 1.29 is 0 Å². The number of hydrogen-bond donors (Lipinski definition) is 1. The maximum absolute atomic E-state index is 3.55. The van der Waals surface area contributed by atoms with Gasteiger partial charge in [-0.05, 0) is 37.1 Å². The summed E-state index contributed by atoms with van der Waals surface area (Å²) in [5.41, 5.74) is 3.94. The number of benzene rings is 2. The topological polar surface area (TPSA) is 12.0 Å². The van der Waals surface area contributed by atoms with Crippen LogP contribution in [0, 0.1) is 6.92 Å². The van der Waals surface area contributed by atoms with Crippen molar-refractivity contribution >= 4 is 15.9 Å². The third-order valence-electron chi connectivity index (χ3n) is 3.04. The monoisotopic (exact) mass is 303 g/mol. The lowest BCUT2D eigenvalue weighted by Crippen LogP contribution is -2.18. The molecule has 0 saturated heterocycles. The van der Waals surface area contributed by atoms with E-state index in [2.05, 4.69) is 83.6 Å². The van der Waals surface area contributed by atoms with E-state index in [0.717, 1.165) is 11.0 Å². The molecule has 0 aliphatic heterocycles. The average Bonchev–Trinajstić information content (AvgIpc) is 2.36. The van der Waals surface area contributed by atoms with Gasteiger partial charge >= 0.3 is 0 Å². The van der Waals surface area contributed by atoms with Gasteiger partial charge in [0, 0.05) is 17.1 Å². The summed E-state index contributed by atoms with van der Waals surface area (Å²) < 4.78 is 1.13. The predicted octanol–water partition coefficient (Wildman–Crippen LogP) is 4.61. The van der Waals surface area contributed by atoms with Crippen LogP contribution < -0.4 is 5.32 Å². The summed E-state index contributed by atoms with van der Waals surface area (Å²) in [5, 5.41) is 3.55. The van der Waals surface area contributed by atoms with E-state index in [0.29, 0.717) is 6.04 Å². The van der Waals surface area contributed by atoms with E-state index < -0.39 is 0 Å². The van der Waals surface area contributed by atoms with Gasteiger partial charge in [0.2, 0.25) is 0 Å². The number of halogens is 1. The Bertz CT molecular complexity index is 522. The second kappa shape index (κ2) is 6.17. The lowest BCUT2D eigenvalue weighted by Gasteiger charge is -2.15. The van der Waals surface area contributed by atoms with Gasteiger partial charge in [0.25, 0.3) is 0 Å². The van der Waals surface area contributed by atoms with E-state index in [-0.39, 0.29) is 0 Å². The first-order valence-corrected chi connectivity index (χ1v) is 6.99. The number of nitrogens with one attached hydrogen (secondary N) is 1. The van der Waals surface area contributed by atoms with E-state index in [1.54, 1.807) is 0 Å². The third-order valence-corrected chi connectivity index (χ3v) is 3.54. The van der Waals surface area contributed by atoms with Crippen molar-refractivity contribution in [1.29, 1.82) is 0 Å². The third kappa shape index (κ3) is 3.69. The zero-order chi connectivity index (χ0) is 13.0. The Morgan fingerprint density at radius 2 is 1.89 bits per heavy atom. The second-order valence-corrected chi connectivity index (χ2v) is 5.56. The van der Waals surface area contributed by atoms with Crippen LogP contribution in [0.4, 0.5) is 0 Å². The van der Waals surface area contributed by atoms with Gasteiger partial charge in [-0.3, -0.25) is 0 Å². The highest BCUT2D eigenvalue weighted by Gasteiger charge is 2.04. The first kappa shape index (κ1) is 13.3. The van der Waals surface area contributed by atoms with Crippen molar-refractivity contribution in [2.45, 2.75) is 26.4 Å². The molecule has 0 aromatic heterocycles. The first-order valence-electron chi connectivity index (χ1n) is 6.19. The molecule has 1 N–H and O–H groups in total. The summed E-state index contributed by atoms with van der Waals surface area (Å²) in [7, 11) is 0. The smallest absolute Gasteiger partial charge is 0.0295 e. The molecule has 2 aromatic carbocycles. The van der Waals surface area contributed by atoms with Crippen LogP contribution in [0.3, 0.4) is 0 Å². The normalized spacial score (nSPS) is 12.4. The Morgan fingerprint density at radius 1 is 1.11 bits per heavy atom. The molecule has 0 aliphatic carbocycles. The maximum atomic E-state index is 3.55. The predicted molar refractivity (Wildman–Crippen MR) is 80.6 cm³/mol. The molecule has 0 spiro atoms. The standard InChI is InChI=1S/C16H18BrN/c1-12-5-3-6-14(9-12)11-18-13(2)15-7-4-8-16(17)10-15/h3-10,13,18H,11H2,1-2H3/t13-/m1/s1. The summed E-state index contributed by atoms with van der Waals surface area (Å²) in [6.45, 7) is 5.22. The molecule has 0 bridgehead atoms. The van der Waals surface area contributed by atoms with Crippen molar-refractivity contribution in [3.63, 3.8) is 0 Å². The molecular weight excluding hydrogens is 286 g/mol.